The molecule has 0 saturated heterocycles. The average Bonchev–Trinajstić information content (AvgIpc) is 2.70. The highest BCUT2D eigenvalue weighted by Gasteiger charge is 2.01. The minimum atomic E-state index is 0.438. The first-order chi connectivity index (χ1) is 7.79. The minimum Gasteiger partial charge on any atom is -0.303 e. The van der Waals surface area contributed by atoms with E-state index in [1.54, 1.807) is 6.20 Å². The van der Waals surface area contributed by atoms with E-state index < -0.39 is 0 Å². The molecule has 3 heteroatoms. The highest BCUT2D eigenvalue weighted by Crippen LogP contribution is 2.09. The summed E-state index contributed by atoms with van der Waals surface area (Å²) in [7, 11) is 0. The minimum absolute atomic E-state index is 0.438. The fraction of sp³-hybridized carbons (Fsp3) is 0.231. The first kappa shape index (κ1) is 10.6. The molecule has 2 aromatic rings. The van der Waals surface area contributed by atoms with Gasteiger partial charge in [0, 0.05) is 12.6 Å². The number of aromatic nitrogens is 2. The van der Waals surface area contributed by atoms with E-state index in [1.165, 1.54) is 11.1 Å². The van der Waals surface area contributed by atoms with Crippen molar-refractivity contribution in [3.05, 3.63) is 53.3 Å². The van der Waals surface area contributed by atoms with E-state index in [4.69, 9.17) is 0 Å². The lowest BCUT2D eigenvalue weighted by Crippen LogP contribution is -2.01. The molecule has 1 heterocycles. The van der Waals surface area contributed by atoms with E-state index in [2.05, 4.69) is 24.2 Å². The predicted molar refractivity (Wildman–Crippen MR) is 62.3 cm³/mol. The number of benzene rings is 1. The highest BCUT2D eigenvalue weighted by atomic mass is 16.1. The van der Waals surface area contributed by atoms with Crippen molar-refractivity contribution in [2.24, 2.45) is 0 Å². The molecule has 82 valence electrons. The molecule has 0 amide bonds. The van der Waals surface area contributed by atoms with Crippen molar-refractivity contribution in [2.45, 2.75) is 19.9 Å². The number of carbonyl (C=O) groups excluding carboxylic acids is 1. The molecule has 0 N–H and O–H groups in total. The number of aldehydes is 1. The standard InChI is InChI=1S/C13H14N2O/c1-11-4-2-3-5-13(11)10-15-9-12(6-7-16)8-14-15/h2-5,7-9H,6,10H2,1H3. The number of rotatable bonds is 4. The Bertz CT molecular complexity index is 488. The second kappa shape index (κ2) is 4.75. The van der Waals surface area contributed by atoms with Crippen LogP contribution < -0.4 is 0 Å². The van der Waals surface area contributed by atoms with Gasteiger partial charge in [-0.05, 0) is 23.6 Å². The van der Waals surface area contributed by atoms with Crippen LogP contribution in [0.1, 0.15) is 16.7 Å². The van der Waals surface area contributed by atoms with Crippen LogP contribution in [0.2, 0.25) is 0 Å². The summed E-state index contributed by atoms with van der Waals surface area (Å²) in [6, 6.07) is 8.24. The van der Waals surface area contributed by atoms with Crippen molar-refractivity contribution in [2.75, 3.05) is 0 Å². The molecular formula is C13H14N2O. The molecule has 1 aromatic carbocycles. The fourth-order valence-corrected chi connectivity index (χ4v) is 1.66. The van der Waals surface area contributed by atoms with Gasteiger partial charge in [0.05, 0.1) is 12.7 Å². The Labute approximate surface area is 94.7 Å². The van der Waals surface area contributed by atoms with Gasteiger partial charge in [0.1, 0.15) is 6.29 Å². The maximum atomic E-state index is 10.4. The summed E-state index contributed by atoms with van der Waals surface area (Å²) in [5.74, 6) is 0. The van der Waals surface area contributed by atoms with Gasteiger partial charge >= 0.3 is 0 Å². The molecule has 2 rings (SSSR count). The lowest BCUT2D eigenvalue weighted by molar-refractivity contribution is -0.107. The Morgan fingerprint density at radius 2 is 2.19 bits per heavy atom. The first-order valence-corrected chi connectivity index (χ1v) is 5.29. The van der Waals surface area contributed by atoms with Crippen LogP contribution in [0.4, 0.5) is 0 Å². The third-order valence-corrected chi connectivity index (χ3v) is 2.60. The van der Waals surface area contributed by atoms with Crippen molar-refractivity contribution in [1.82, 2.24) is 9.78 Å². The largest absolute Gasteiger partial charge is 0.303 e. The Morgan fingerprint density at radius 3 is 2.94 bits per heavy atom. The van der Waals surface area contributed by atoms with Crippen LogP contribution in [0.25, 0.3) is 0 Å². The van der Waals surface area contributed by atoms with Gasteiger partial charge in [0.25, 0.3) is 0 Å². The quantitative estimate of drug-likeness (QED) is 0.729. The summed E-state index contributed by atoms with van der Waals surface area (Å²) >= 11 is 0. The molecular weight excluding hydrogens is 200 g/mol. The Morgan fingerprint density at radius 1 is 1.38 bits per heavy atom. The molecule has 16 heavy (non-hydrogen) atoms. The summed E-state index contributed by atoms with van der Waals surface area (Å²) in [6.45, 7) is 2.84. The summed E-state index contributed by atoms with van der Waals surface area (Å²) in [6.07, 6.45) is 5.00. The summed E-state index contributed by atoms with van der Waals surface area (Å²) in [5.41, 5.74) is 3.47. The smallest absolute Gasteiger partial charge is 0.124 e. The zero-order valence-corrected chi connectivity index (χ0v) is 9.26. The van der Waals surface area contributed by atoms with Gasteiger partial charge in [-0.3, -0.25) is 4.68 Å². The van der Waals surface area contributed by atoms with Crippen LogP contribution in [0.15, 0.2) is 36.7 Å². The van der Waals surface area contributed by atoms with Gasteiger partial charge < -0.3 is 4.79 Å². The van der Waals surface area contributed by atoms with Crippen molar-refractivity contribution in [1.29, 1.82) is 0 Å². The predicted octanol–water partition coefficient (Wildman–Crippen LogP) is 1.98. The maximum Gasteiger partial charge on any atom is 0.124 e. The van der Waals surface area contributed by atoms with Crippen LogP contribution in [-0.2, 0) is 17.8 Å². The lowest BCUT2D eigenvalue weighted by Gasteiger charge is -2.04. The van der Waals surface area contributed by atoms with Crippen molar-refractivity contribution in [3.63, 3.8) is 0 Å². The Kier molecular flexibility index (Phi) is 3.15. The zero-order chi connectivity index (χ0) is 11.4. The topological polar surface area (TPSA) is 34.9 Å². The molecule has 0 aliphatic rings. The molecule has 3 nitrogen and oxygen atoms in total. The van der Waals surface area contributed by atoms with Crippen molar-refractivity contribution >= 4 is 6.29 Å². The summed E-state index contributed by atoms with van der Waals surface area (Å²) < 4.78 is 1.86. The summed E-state index contributed by atoms with van der Waals surface area (Å²) in [5, 5.41) is 4.23. The van der Waals surface area contributed by atoms with E-state index >= 15 is 0 Å². The highest BCUT2D eigenvalue weighted by molar-refractivity contribution is 5.54. The molecule has 0 aliphatic heterocycles. The zero-order valence-electron chi connectivity index (χ0n) is 9.26. The van der Waals surface area contributed by atoms with Crippen LogP contribution in [0.3, 0.4) is 0 Å². The van der Waals surface area contributed by atoms with E-state index in [9.17, 15) is 4.79 Å². The molecule has 0 bridgehead atoms. The molecule has 0 fully saturated rings. The Hall–Kier alpha value is -1.90. The molecule has 0 spiro atoms. The molecule has 0 unspecified atom stereocenters. The fourth-order valence-electron chi connectivity index (χ4n) is 1.66. The number of hydrogen-bond donors (Lipinski definition) is 0. The molecule has 0 atom stereocenters. The van der Waals surface area contributed by atoms with E-state index in [1.807, 2.05) is 23.0 Å². The lowest BCUT2D eigenvalue weighted by atomic mass is 10.1. The van der Waals surface area contributed by atoms with Crippen molar-refractivity contribution in [3.8, 4) is 0 Å². The SMILES string of the molecule is Cc1ccccc1Cn1cc(CC=O)cn1. The number of aryl methyl sites for hydroxylation is 1. The van der Waals surface area contributed by atoms with E-state index in [0.29, 0.717) is 6.42 Å². The first-order valence-electron chi connectivity index (χ1n) is 5.29. The Balaban J connectivity index is 2.14. The van der Waals surface area contributed by atoms with Gasteiger partial charge in [0.2, 0.25) is 0 Å². The second-order valence-electron chi connectivity index (χ2n) is 3.84. The molecule has 0 saturated carbocycles. The maximum absolute atomic E-state index is 10.4. The third-order valence-electron chi connectivity index (χ3n) is 2.60. The third kappa shape index (κ3) is 2.37. The van der Waals surface area contributed by atoms with E-state index in [-0.39, 0.29) is 0 Å². The average molecular weight is 214 g/mol. The number of nitrogens with zero attached hydrogens (tertiary/aromatic N) is 2. The van der Waals surface area contributed by atoms with Gasteiger partial charge in [-0.15, -0.1) is 0 Å². The molecule has 0 radical (unpaired) electrons. The molecule has 1 aromatic heterocycles. The number of hydrogen-bond acceptors (Lipinski definition) is 2. The van der Waals surface area contributed by atoms with Crippen LogP contribution >= 0.6 is 0 Å². The monoisotopic (exact) mass is 214 g/mol. The van der Waals surface area contributed by atoms with Crippen molar-refractivity contribution < 1.29 is 4.79 Å². The second-order valence-corrected chi connectivity index (χ2v) is 3.84. The van der Waals surface area contributed by atoms with Gasteiger partial charge in [-0.2, -0.15) is 5.10 Å². The molecule has 0 aliphatic carbocycles. The van der Waals surface area contributed by atoms with Crippen LogP contribution in [-0.4, -0.2) is 16.1 Å². The van der Waals surface area contributed by atoms with Crippen LogP contribution in [0.5, 0.6) is 0 Å². The van der Waals surface area contributed by atoms with Gasteiger partial charge in [-0.1, -0.05) is 24.3 Å². The number of carbonyl (C=O) groups is 1. The van der Waals surface area contributed by atoms with E-state index in [0.717, 1.165) is 18.4 Å². The summed E-state index contributed by atoms with van der Waals surface area (Å²) in [4.78, 5) is 10.4. The normalized spacial score (nSPS) is 10.3. The van der Waals surface area contributed by atoms with Crippen LogP contribution in [0, 0.1) is 6.92 Å². The van der Waals surface area contributed by atoms with Gasteiger partial charge in [-0.25, -0.2) is 0 Å². The van der Waals surface area contributed by atoms with Gasteiger partial charge in [0.15, 0.2) is 0 Å².